The van der Waals surface area contributed by atoms with Crippen LogP contribution in [0.3, 0.4) is 0 Å². The van der Waals surface area contributed by atoms with E-state index in [0.29, 0.717) is 18.8 Å². The molecule has 0 spiro atoms. The molecule has 0 heterocycles. The van der Waals surface area contributed by atoms with Gasteiger partial charge in [0.2, 0.25) is 5.91 Å². The van der Waals surface area contributed by atoms with Crippen molar-refractivity contribution < 1.29 is 20.4 Å². The maximum absolute atomic E-state index is 11.7. The van der Waals surface area contributed by atoms with Gasteiger partial charge in [0.05, 0.1) is 12.6 Å². The Morgan fingerprint density at radius 3 is 1.60 bits per heavy atom. The minimum atomic E-state index is -1.01. The zero-order chi connectivity index (χ0) is 30.3. The van der Waals surface area contributed by atoms with Crippen molar-refractivity contribution >= 4 is 11.9 Å². The van der Waals surface area contributed by atoms with Gasteiger partial charge in [-0.2, -0.15) is 0 Å². The molecule has 0 fully saturated rings. The number of nitrogens with one attached hydrogen (secondary N) is 1. The summed E-state index contributed by atoms with van der Waals surface area (Å²) in [6.45, 7) is 9.08. The van der Waals surface area contributed by atoms with Gasteiger partial charge < -0.3 is 21.9 Å². The molecular weight excluding hydrogens is 498 g/mol. The van der Waals surface area contributed by atoms with E-state index in [1.54, 1.807) is 0 Å². The smallest absolute Gasteiger partial charge is 0.326 e. The number of unbranched alkanes of at least 4 members (excludes halogenated alkanes) is 2. The van der Waals surface area contributed by atoms with Gasteiger partial charge >= 0.3 is 5.97 Å². The van der Waals surface area contributed by atoms with E-state index >= 15 is 0 Å². The number of carbonyl (C=O) groups is 2. The van der Waals surface area contributed by atoms with Crippen molar-refractivity contribution in [2.24, 2.45) is 11.7 Å². The van der Waals surface area contributed by atoms with Crippen molar-refractivity contribution in [3.05, 3.63) is 72.9 Å². The summed E-state index contributed by atoms with van der Waals surface area (Å²) in [5.74, 6) is -1.09. The number of nitrogens with two attached hydrogens (primary N) is 1. The first-order valence-electron chi connectivity index (χ1n) is 15.3. The number of carboxylic acid groups (broad SMARTS) is 1. The van der Waals surface area contributed by atoms with Gasteiger partial charge in [-0.3, -0.25) is 4.79 Å². The number of amides is 1. The van der Waals surface area contributed by atoms with Crippen LogP contribution in [0, 0.1) is 5.92 Å². The van der Waals surface area contributed by atoms with Crippen molar-refractivity contribution in [3.63, 3.8) is 0 Å². The van der Waals surface area contributed by atoms with Gasteiger partial charge in [0.25, 0.3) is 0 Å². The van der Waals surface area contributed by atoms with Crippen molar-refractivity contribution in [2.45, 2.75) is 117 Å². The summed E-state index contributed by atoms with van der Waals surface area (Å²) in [4.78, 5) is 22.7. The van der Waals surface area contributed by atoms with Gasteiger partial charge in [0.1, 0.15) is 6.04 Å². The van der Waals surface area contributed by atoms with Crippen LogP contribution < -0.4 is 16.8 Å². The van der Waals surface area contributed by atoms with Gasteiger partial charge in [-0.15, -0.1) is 0 Å². The average Bonchev–Trinajstić information content (AvgIpc) is 2.91. The zero-order valence-electron chi connectivity index (χ0n) is 25.9. The Labute approximate surface area is 245 Å². The summed E-state index contributed by atoms with van der Waals surface area (Å²) in [6, 6.07) is -1.48. The molecule has 2 atom stereocenters. The summed E-state index contributed by atoms with van der Waals surface area (Å²) in [5, 5.41) is 11.5. The lowest BCUT2D eigenvalue weighted by molar-refractivity contribution is -0.368. The number of quaternary nitrogens is 1. The average molecular weight is 559 g/mol. The van der Waals surface area contributed by atoms with E-state index < -0.39 is 18.1 Å². The fourth-order valence-corrected chi connectivity index (χ4v) is 3.48. The molecule has 0 aliphatic heterocycles. The van der Waals surface area contributed by atoms with Gasteiger partial charge in [-0.05, 0) is 76.5 Å². The molecule has 0 radical (unpaired) electrons. The zero-order valence-corrected chi connectivity index (χ0v) is 25.9. The molecule has 0 bridgehead atoms. The number of carbonyl (C=O) groups excluding carboxylic acids is 1. The normalized spacial score (nSPS) is 13.8. The molecular formula is C34H60N3O3+. The number of hydrogen-bond donors (Lipinski definition) is 4. The van der Waals surface area contributed by atoms with Crippen LogP contribution in [0.1, 0.15) is 105 Å². The summed E-state index contributed by atoms with van der Waals surface area (Å²) in [5.41, 5.74) is 9.40. The molecule has 0 aromatic carbocycles. The highest BCUT2D eigenvalue weighted by Gasteiger charge is 2.23. The maximum Gasteiger partial charge on any atom is 0.326 e. The van der Waals surface area contributed by atoms with Crippen LogP contribution in [-0.2, 0) is 9.59 Å². The number of aliphatic carboxylic acids is 1. The molecule has 0 aliphatic rings. The largest absolute Gasteiger partial charge is 0.480 e. The van der Waals surface area contributed by atoms with E-state index in [1.807, 2.05) is 13.8 Å². The van der Waals surface area contributed by atoms with Crippen LogP contribution in [0.5, 0.6) is 0 Å². The third kappa shape index (κ3) is 29.9. The molecule has 7 N–H and O–H groups in total. The summed E-state index contributed by atoms with van der Waals surface area (Å²) in [6.07, 6.45) is 38.2. The van der Waals surface area contributed by atoms with E-state index in [2.05, 4.69) is 97.8 Å². The lowest BCUT2D eigenvalue weighted by Crippen LogP contribution is -2.50. The lowest BCUT2D eigenvalue weighted by atomic mass is 10.0. The molecule has 1 amide bonds. The molecule has 0 unspecified atom stereocenters. The number of allylic oxidation sites excluding steroid dienone is 12. The first-order chi connectivity index (χ1) is 19.3. The molecule has 0 aliphatic carbocycles. The third-order valence-corrected chi connectivity index (χ3v) is 5.72. The second-order valence-corrected chi connectivity index (χ2v) is 10.2. The Kier molecular flexibility index (Phi) is 30.4. The fourth-order valence-electron chi connectivity index (χ4n) is 3.48. The van der Waals surface area contributed by atoms with Crippen LogP contribution in [0.2, 0.25) is 0 Å². The fraction of sp³-hybridized carbons (Fsp3) is 0.588. The SMILES string of the molecule is CC(C)C[C@H](N)C(=O)N[C@@H](CCCC[NH3+])C(=O)O.CC/C=C\C/C=C\C/C=C\C/C=C\C/C=C\C/C=C\CCC. The standard InChI is InChI=1S/C22H34.C12H25N3O3/c1-3-5-7-9-11-13-15-17-19-21-22-20-18-16-14-12-10-8-6-4-2;1-8(2)7-9(14)11(16)15-10(12(17)18)5-3-4-6-13/h5,7-8,10-11,13-14,16-17,19-20,22H,3-4,6,9,12,15,18,21H2,1-2H3;8-10H,3-7,13-14H2,1-2H3,(H,15,16)(H,17,18)/p+1/b7-5-,10-8-,13-11-,16-14-,19-17-,22-20-;/t;9-,10-/m.0/s1. The molecule has 0 saturated carbocycles. The first-order valence-corrected chi connectivity index (χ1v) is 15.3. The van der Waals surface area contributed by atoms with Crippen LogP contribution >= 0.6 is 0 Å². The van der Waals surface area contributed by atoms with Crippen molar-refractivity contribution in [1.29, 1.82) is 0 Å². The van der Waals surface area contributed by atoms with Crippen LogP contribution in [0.25, 0.3) is 0 Å². The van der Waals surface area contributed by atoms with Crippen LogP contribution in [0.15, 0.2) is 72.9 Å². The minimum Gasteiger partial charge on any atom is -0.480 e. The second-order valence-electron chi connectivity index (χ2n) is 10.2. The van der Waals surface area contributed by atoms with Crippen LogP contribution in [0.4, 0.5) is 0 Å². The van der Waals surface area contributed by atoms with E-state index in [-0.39, 0.29) is 5.91 Å². The third-order valence-electron chi connectivity index (χ3n) is 5.72. The Morgan fingerprint density at radius 1 is 0.775 bits per heavy atom. The molecule has 0 aromatic rings. The van der Waals surface area contributed by atoms with E-state index in [4.69, 9.17) is 10.8 Å². The lowest BCUT2D eigenvalue weighted by Gasteiger charge is -2.18. The van der Waals surface area contributed by atoms with Gasteiger partial charge in [0.15, 0.2) is 0 Å². The minimum absolute atomic E-state index is 0.306. The van der Waals surface area contributed by atoms with E-state index in [0.717, 1.165) is 57.9 Å². The highest BCUT2D eigenvalue weighted by molar-refractivity contribution is 5.86. The summed E-state index contributed by atoms with van der Waals surface area (Å²) in [7, 11) is 0. The topological polar surface area (TPSA) is 120 Å². The molecule has 6 nitrogen and oxygen atoms in total. The van der Waals surface area contributed by atoms with Crippen LogP contribution in [-0.4, -0.2) is 35.6 Å². The summed E-state index contributed by atoms with van der Waals surface area (Å²) >= 11 is 0. The monoisotopic (exact) mass is 558 g/mol. The van der Waals surface area contributed by atoms with Gasteiger partial charge in [-0.25, -0.2) is 4.79 Å². The number of carboxylic acids is 1. The Bertz CT molecular complexity index is 779. The highest BCUT2D eigenvalue weighted by atomic mass is 16.4. The molecule has 228 valence electrons. The molecule has 0 aromatic heterocycles. The first kappa shape index (κ1) is 39.4. The van der Waals surface area contributed by atoms with Crippen molar-refractivity contribution in [2.75, 3.05) is 6.54 Å². The van der Waals surface area contributed by atoms with E-state index in [9.17, 15) is 9.59 Å². The predicted molar refractivity (Wildman–Crippen MR) is 172 cm³/mol. The maximum atomic E-state index is 11.7. The van der Waals surface area contributed by atoms with Crippen molar-refractivity contribution in [1.82, 2.24) is 5.32 Å². The van der Waals surface area contributed by atoms with Gasteiger partial charge in [-0.1, -0.05) is 107 Å². The predicted octanol–water partition coefficient (Wildman–Crippen LogP) is 6.83. The highest BCUT2D eigenvalue weighted by Crippen LogP contribution is 2.05. The quantitative estimate of drug-likeness (QED) is 0.0860. The van der Waals surface area contributed by atoms with E-state index in [1.165, 1.54) is 12.8 Å². The Morgan fingerprint density at radius 2 is 1.23 bits per heavy atom. The summed E-state index contributed by atoms with van der Waals surface area (Å²) < 4.78 is 0. The number of hydrogen-bond acceptors (Lipinski definition) is 3. The van der Waals surface area contributed by atoms with Crippen molar-refractivity contribution in [3.8, 4) is 0 Å². The second kappa shape index (κ2) is 30.8. The Balaban J connectivity index is 0. The molecule has 0 saturated heterocycles. The molecule has 40 heavy (non-hydrogen) atoms. The molecule has 0 rings (SSSR count). The number of rotatable bonds is 22. The Hall–Kier alpha value is -2.70. The van der Waals surface area contributed by atoms with Gasteiger partial charge in [0, 0.05) is 0 Å². The molecule has 6 heteroatoms.